The Morgan fingerprint density at radius 2 is 2.00 bits per heavy atom. The van der Waals surface area contributed by atoms with Crippen molar-refractivity contribution >= 4 is 17.6 Å². The number of carbonyl (C=O) groups excluding carboxylic acids is 1. The second-order valence-electron chi connectivity index (χ2n) is 9.90. The summed E-state index contributed by atoms with van der Waals surface area (Å²) < 4.78 is 21.1. The Labute approximate surface area is 192 Å². The highest BCUT2D eigenvalue weighted by Gasteiger charge is 2.31. The summed E-state index contributed by atoms with van der Waals surface area (Å²) in [6.07, 6.45) is 8.70. The van der Waals surface area contributed by atoms with E-state index in [1.807, 2.05) is 27.0 Å². The second kappa shape index (κ2) is 8.28. The minimum Gasteiger partial charge on any atom is -0.444 e. The van der Waals surface area contributed by atoms with E-state index in [1.54, 1.807) is 21.6 Å². The topological polar surface area (TPSA) is 84.6 Å². The number of likely N-dealkylation sites (tertiary alicyclic amines) is 1. The van der Waals surface area contributed by atoms with E-state index in [9.17, 15) is 9.18 Å². The van der Waals surface area contributed by atoms with E-state index < -0.39 is 5.60 Å². The maximum Gasteiger partial charge on any atom is 0.410 e. The minimum absolute atomic E-state index is 0.0612. The maximum absolute atomic E-state index is 13.8. The summed E-state index contributed by atoms with van der Waals surface area (Å²) in [6.45, 7) is 6.87. The lowest BCUT2D eigenvalue weighted by Crippen LogP contribution is -2.47. The zero-order valence-electron chi connectivity index (χ0n) is 19.2. The Morgan fingerprint density at radius 1 is 1.18 bits per heavy atom. The van der Waals surface area contributed by atoms with Gasteiger partial charge in [-0.15, -0.1) is 0 Å². The number of amides is 1. The number of aromatic nitrogens is 4. The normalized spacial score (nSPS) is 19.0. The monoisotopic (exact) mass is 452 g/mol. The number of fused-ring (bicyclic) bond motifs is 1. The molecule has 3 aromatic rings. The van der Waals surface area contributed by atoms with E-state index in [2.05, 4.69) is 15.3 Å². The van der Waals surface area contributed by atoms with Gasteiger partial charge in [0.2, 0.25) is 0 Å². The van der Waals surface area contributed by atoms with Crippen molar-refractivity contribution in [1.29, 1.82) is 0 Å². The molecule has 174 valence electrons. The molecule has 0 bridgehead atoms. The van der Waals surface area contributed by atoms with Crippen molar-refractivity contribution in [2.24, 2.45) is 0 Å². The quantitative estimate of drug-likeness (QED) is 0.622. The van der Waals surface area contributed by atoms with Crippen LogP contribution in [-0.2, 0) is 4.74 Å². The van der Waals surface area contributed by atoms with Crippen molar-refractivity contribution < 1.29 is 13.9 Å². The number of hydrogen-bond donors (Lipinski definition) is 1. The van der Waals surface area contributed by atoms with Crippen LogP contribution in [0.15, 0.2) is 30.7 Å². The van der Waals surface area contributed by atoms with E-state index >= 15 is 0 Å². The lowest BCUT2D eigenvalue weighted by molar-refractivity contribution is 0.0206. The second-order valence-corrected chi connectivity index (χ2v) is 9.90. The van der Waals surface area contributed by atoms with Crippen molar-refractivity contribution in [1.82, 2.24) is 24.3 Å². The predicted octanol–water partition coefficient (Wildman–Crippen LogP) is 4.62. The molecule has 2 aliphatic rings. The van der Waals surface area contributed by atoms with Crippen LogP contribution < -0.4 is 5.32 Å². The number of pyridine rings is 1. The molecule has 2 fully saturated rings. The van der Waals surface area contributed by atoms with Crippen LogP contribution in [0.4, 0.5) is 15.0 Å². The van der Waals surface area contributed by atoms with Gasteiger partial charge in [0.1, 0.15) is 28.6 Å². The van der Waals surface area contributed by atoms with Gasteiger partial charge in [0, 0.05) is 37.1 Å². The largest absolute Gasteiger partial charge is 0.444 e. The van der Waals surface area contributed by atoms with Gasteiger partial charge in [-0.2, -0.15) is 0 Å². The number of hydrogen-bond acceptors (Lipinski definition) is 6. The first-order valence-electron chi connectivity index (χ1n) is 11.5. The zero-order valence-corrected chi connectivity index (χ0v) is 19.2. The fourth-order valence-corrected chi connectivity index (χ4v) is 4.22. The summed E-state index contributed by atoms with van der Waals surface area (Å²) in [7, 11) is 0. The van der Waals surface area contributed by atoms with E-state index in [4.69, 9.17) is 9.72 Å². The van der Waals surface area contributed by atoms with Crippen LogP contribution in [0.1, 0.15) is 57.9 Å². The van der Waals surface area contributed by atoms with Crippen molar-refractivity contribution in [2.75, 3.05) is 18.4 Å². The summed E-state index contributed by atoms with van der Waals surface area (Å²) in [5.41, 5.74) is 1.84. The number of ether oxygens (including phenoxy) is 1. The summed E-state index contributed by atoms with van der Waals surface area (Å²) in [6, 6.07) is 3.07. The highest BCUT2D eigenvalue weighted by Crippen LogP contribution is 2.43. The number of anilines is 1. The van der Waals surface area contributed by atoms with E-state index in [1.165, 1.54) is 12.3 Å². The number of nitrogens with zero attached hydrogens (tertiary/aromatic N) is 5. The summed E-state index contributed by atoms with van der Waals surface area (Å²) in [4.78, 5) is 28.1. The SMILES string of the molecule is CC(C)(C)OC(=O)N1CCCC(Nc2nc(-c3cnc4ccc(F)cn34)ncc2C2CC2)C1. The van der Waals surface area contributed by atoms with Crippen LogP contribution in [-0.4, -0.2) is 55.1 Å². The van der Waals surface area contributed by atoms with Crippen molar-refractivity contribution in [3.63, 3.8) is 0 Å². The Balaban J connectivity index is 1.40. The van der Waals surface area contributed by atoms with Gasteiger partial charge < -0.3 is 15.0 Å². The molecule has 1 N–H and O–H groups in total. The van der Waals surface area contributed by atoms with Crippen LogP contribution in [0.3, 0.4) is 0 Å². The smallest absolute Gasteiger partial charge is 0.410 e. The highest BCUT2D eigenvalue weighted by molar-refractivity contribution is 5.68. The van der Waals surface area contributed by atoms with Crippen molar-refractivity contribution in [2.45, 2.75) is 64.0 Å². The predicted molar refractivity (Wildman–Crippen MR) is 123 cm³/mol. The number of halogens is 1. The third-order valence-electron chi connectivity index (χ3n) is 5.95. The van der Waals surface area contributed by atoms with E-state index in [0.717, 1.165) is 37.1 Å². The van der Waals surface area contributed by atoms with Crippen LogP contribution in [0.5, 0.6) is 0 Å². The average molecular weight is 453 g/mol. The molecule has 1 saturated carbocycles. The van der Waals surface area contributed by atoms with Gasteiger partial charge in [-0.1, -0.05) is 0 Å². The van der Waals surface area contributed by atoms with Crippen LogP contribution in [0, 0.1) is 5.82 Å². The highest BCUT2D eigenvalue weighted by atomic mass is 19.1. The first-order chi connectivity index (χ1) is 15.8. The third-order valence-corrected chi connectivity index (χ3v) is 5.95. The number of piperidine rings is 1. The number of carbonyl (C=O) groups is 1. The molecular weight excluding hydrogens is 423 g/mol. The van der Waals surface area contributed by atoms with Gasteiger partial charge in [0.05, 0.1) is 6.20 Å². The number of rotatable bonds is 4. The summed E-state index contributed by atoms with van der Waals surface area (Å²) >= 11 is 0. The summed E-state index contributed by atoms with van der Waals surface area (Å²) in [5.74, 6) is 1.37. The third kappa shape index (κ3) is 4.77. The van der Waals surface area contributed by atoms with Crippen molar-refractivity contribution in [3.8, 4) is 11.5 Å². The molecule has 1 amide bonds. The molecule has 1 aliphatic carbocycles. The standard InChI is InChI=1S/C24H29FN6O2/c1-24(2,3)33-23(32)30-10-4-5-17(14-30)28-21-18(15-6-7-15)11-27-22(29-21)19-12-26-20-9-8-16(25)13-31(19)20/h8-9,11-13,15,17H,4-7,10,14H2,1-3H3,(H,27,28,29). The van der Waals surface area contributed by atoms with Gasteiger partial charge >= 0.3 is 6.09 Å². The first kappa shape index (κ1) is 21.6. The van der Waals surface area contributed by atoms with E-state index in [0.29, 0.717) is 36.2 Å². The lowest BCUT2D eigenvalue weighted by atomic mass is 10.1. The lowest BCUT2D eigenvalue weighted by Gasteiger charge is -2.34. The molecule has 0 aromatic carbocycles. The minimum atomic E-state index is -0.522. The Kier molecular flexibility index (Phi) is 5.42. The Bertz CT molecular complexity index is 1180. The maximum atomic E-state index is 13.8. The molecule has 1 aliphatic heterocycles. The zero-order chi connectivity index (χ0) is 23.2. The summed E-state index contributed by atoms with van der Waals surface area (Å²) in [5, 5.41) is 3.58. The molecule has 0 radical (unpaired) electrons. The fourth-order valence-electron chi connectivity index (χ4n) is 4.22. The Morgan fingerprint density at radius 3 is 2.76 bits per heavy atom. The van der Waals surface area contributed by atoms with Gasteiger partial charge in [-0.05, 0) is 64.5 Å². The molecule has 1 atom stereocenters. The molecule has 9 heteroatoms. The number of imidazole rings is 1. The molecule has 4 heterocycles. The first-order valence-corrected chi connectivity index (χ1v) is 11.5. The molecule has 1 saturated heterocycles. The van der Waals surface area contributed by atoms with Crippen LogP contribution in [0.2, 0.25) is 0 Å². The number of nitrogens with one attached hydrogen (secondary N) is 1. The molecule has 0 spiro atoms. The van der Waals surface area contributed by atoms with Gasteiger partial charge in [0.15, 0.2) is 5.82 Å². The molecule has 8 nitrogen and oxygen atoms in total. The fraction of sp³-hybridized carbons (Fsp3) is 0.500. The van der Waals surface area contributed by atoms with Gasteiger partial charge in [-0.25, -0.2) is 24.1 Å². The van der Waals surface area contributed by atoms with E-state index in [-0.39, 0.29) is 18.0 Å². The Hall–Kier alpha value is -3.23. The average Bonchev–Trinajstić information content (AvgIpc) is 3.52. The van der Waals surface area contributed by atoms with Crippen LogP contribution in [0.25, 0.3) is 17.2 Å². The molecular formula is C24H29FN6O2. The van der Waals surface area contributed by atoms with Crippen molar-refractivity contribution in [3.05, 3.63) is 42.1 Å². The molecule has 5 rings (SSSR count). The van der Waals surface area contributed by atoms with Crippen LogP contribution >= 0.6 is 0 Å². The van der Waals surface area contributed by atoms with Gasteiger partial charge in [-0.3, -0.25) is 4.40 Å². The molecule has 33 heavy (non-hydrogen) atoms. The van der Waals surface area contributed by atoms with Gasteiger partial charge in [0.25, 0.3) is 0 Å². The molecule has 3 aromatic heterocycles. The molecule has 1 unspecified atom stereocenters.